The third-order valence-electron chi connectivity index (χ3n) is 4.13. The normalized spacial score (nSPS) is 25.6. The number of hydrogen-bond donors (Lipinski definition) is 3. The highest BCUT2D eigenvalue weighted by Gasteiger charge is 2.43. The van der Waals surface area contributed by atoms with Crippen molar-refractivity contribution in [1.82, 2.24) is 20.4 Å². The van der Waals surface area contributed by atoms with Crippen LogP contribution in [0.4, 0.5) is 13.2 Å². The monoisotopic (exact) mass is 358 g/mol. The van der Waals surface area contributed by atoms with Crippen molar-refractivity contribution < 1.29 is 17.9 Å². The summed E-state index contributed by atoms with van der Waals surface area (Å²) in [6, 6.07) is 0. The van der Waals surface area contributed by atoms with Gasteiger partial charge in [0.2, 0.25) is 5.79 Å². The number of allylic oxidation sites excluding steroid dienone is 1. The van der Waals surface area contributed by atoms with E-state index in [1.165, 1.54) is 6.20 Å². The summed E-state index contributed by atoms with van der Waals surface area (Å²) in [5.41, 5.74) is 6.19. The van der Waals surface area contributed by atoms with Crippen molar-refractivity contribution in [1.29, 1.82) is 0 Å². The first-order valence-electron chi connectivity index (χ1n) is 7.92. The molecule has 0 saturated carbocycles. The highest BCUT2D eigenvalue weighted by molar-refractivity contribution is 5.82. The largest absolute Gasteiger partial charge is 0.421 e. The van der Waals surface area contributed by atoms with Crippen molar-refractivity contribution in [3.05, 3.63) is 28.8 Å². The van der Waals surface area contributed by atoms with Crippen LogP contribution in [0, 0.1) is 0 Å². The number of nitrogens with zero attached hydrogens (tertiary/aromatic N) is 3. The zero-order valence-corrected chi connectivity index (χ0v) is 14.2. The minimum absolute atomic E-state index is 0.204. The van der Waals surface area contributed by atoms with Crippen molar-refractivity contribution in [2.45, 2.75) is 51.5 Å². The Morgan fingerprint density at radius 3 is 2.80 bits per heavy atom. The molecular formula is C15H21F3N6O. The van der Waals surface area contributed by atoms with Gasteiger partial charge in [-0.05, 0) is 20.8 Å². The molecule has 3 heterocycles. The lowest BCUT2D eigenvalue weighted by atomic mass is 10.0. The van der Waals surface area contributed by atoms with Gasteiger partial charge < -0.3 is 15.4 Å². The number of ether oxygens (including phenoxy) is 1. The van der Waals surface area contributed by atoms with Crippen molar-refractivity contribution in [2.75, 3.05) is 6.54 Å². The minimum atomic E-state index is -4.54. The van der Waals surface area contributed by atoms with Crippen LogP contribution in [-0.4, -0.2) is 34.3 Å². The van der Waals surface area contributed by atoms with Gasteiger partial charge in [-0.3, -0.25) is 10.4 Å². The second-order valence-corrected chi connectivity index (χ2v) is 6.68. The lowest BCUT2D eigenvalue weighted by Gasteiger charge is -2.36. The second kappa shape index (κ2) is 5.73. The third-order valence-corrected chi connectivity index (χ3v) is 4.13. The van der Waals surface area contributed by atoms with Crippen LogP contribution in [-0.2, 0) is 23.7 Å². The molecule has 0 radical (unpaired) electrons. The first-order chi connectivity index (χ1) is 11.6. The van der Waals surface area contributed by atoms with Crippen molar-refractivity contribution in [3.8, 4) is 0 Å². The average Bonchev–Trinajstić information content (AvgIpc) is 2.88. The van der Waals surface area contributed by atoms with E-state index in [4.69, 9.17) is 10.5 Å². The highest BCUT2D eigenvalue weighted by atomic mass is 19.4. The van der Waals surface area contributed by atoms with Crippen molar-refractivity contribution in [2.24, 2.45) is 10.7 Å². The maximum atomic E-state index is 13.2. The number of aromatic nitrogens is 2. The molecule has 1 atom stereocenters. The molecule has 4 N–H and O–H groups in total. The molecule has 3 rings (SSSR count). The van der Waals surface area contributed by atoms with Gasteiger partial charge in [0.05, 0.1) is 36.2 Å². The fraction of sp³-hybridized carbons (Fsp3) is 0.600. The van der Waals surface area contributed by atoms with Crippen LogP contribution in [0.2, 0.25) is 0 Å². The summed E-state index contributed by atoms with van der Waals surface area (Å²) in [5, 5.41) is 9.65. The van der Waals surface area contributed by atoms with E-state index in [0.29, 0.717) is 24.3 Å². The summed E-state index contributed by atoms with van der Waals surface area (Å²) in [4.78, 5) is 3.94. The van der Waals surface area contributed by atoms with Gasteiger partial charge in [-0.1, -0.05) is 0 Å². The van der Waals surface area contributed by atoms with E-state index in [0.717, 1.165) is 6.21 Å². The molecule has 2 aliphatic heterocycles. The van der Waals surface area contributed by atoms with Gasteiger partial charge in [-0.25, -0.2) is 4.99 Å². The van der Waals surface area contributed by atoms with E-state index in [-0.39, 0.29) is 18.0 Å². The molecule has 138 valence electrons. The smallest absolute Gasteiger partial charge is 0.372 e. The maximum absolute atomic E-state index is 13.2. The predicted molar refractivity (Wildman–Crippen MR) is 85.3 cm³/mol. The number of nitrogens with one attached hydrogen (secondary N) is 2. The Balaban J connectivity index is 1.96. The molecule has 0 aromatic carbocycles. The summed E-state index contributed by atoms with van der Waals surface area (Å²) in [6.45, 7) is 6.65. The zero-order chi connectivity index (χ0) is 18.5. The lowest BCUT2D eigenvalue weighted by Crippen LogP contribution is -2.54. The molecule has 0 bridgehead atoms. The van der Waals surface area contributed by atoms with Gasteiger partial charge in [-0.2, -0.15) is 18.3 Å². The van der Waals surface area contributed by atoms with E-state index >= 15 is 0 Å². The van der Waals surface area contributed by atoms with Crippen LogP contribution in [0.1, 0.15) is 32.0 Å². The molecule has 0 saturated heterocycles. The fourth-order valence-corrected chi connectivity index (χ4v) is 2.88. The van der Waals surface area contributed by atoms with E-state index in [1.807, 2.05) is 13.8 Å². The molecule has 25 heavy (non-hydrogen) atoms. The quantitative estimate of drug-likeness (QED) is 0.758. The molecule has 0 fully saturated rings. The Bertz CT molecular complexity index is 736. The van der Waals surface area contributed by atoms with E-state index in [1.54, 1.807) is 11.6 Å². The van der Waals surface area contributed by atoms with Gasteiger partial charge in [0.1, 0.15) is 11.4 Å². The minimum Gasteiger partial charge on any atom is -0.372 e. The Morgan fingerprint density at radius 1 is 1.44 bits per heavy atom. The average molecular weight is 358 g/mol. The van der Waals surface area contributed by atoms with Crippen LogP contribution in [0.25, 0.3) is 0 Å². The van der Waals surface area contributed by atoms with Gasteiger partial charge in [0.15, 0.2) is 0 Å². The highest BCUT2D eigenvalue weighted by Crippen LogP contribution is 2.33. The third kappa shape index (κ3) is 3.23. The number of halogens is 3. The van der Waals surface area contributed by atoms with E-state index < -0.39 is 17.5 Å². The number of fused-ring (bicyclic) bond motifs is 1. The lowest BCUT2D eigenvalue weighted by molar-refractivity contribution is -0.0877. The Labute approximate surface area is 143 Å². The summed E-state index contributed by atoms with van der Waals surface area (Å²) in [7, 11) is 0. The van der Waals surface area contributed by atoms with E-state index in [2.05, 4.69) is 20.7 Å². The fourth-order valence-electron chi connectivity index (χ4n) is 2.88. The molecule has 0 amide bonds. The molecule has 0 spiro atoms. The number of alkyl halides is 3. The van der Waals surface area contributed by atoms with E-state index in [9.17, 15) is 13.2 Å². The van der Waals surface area contributed by atoms with Crippen LogP contribution >= 0.6 is 0 Å². The maximum Gasteiger partial charge on any atom is 0.421 e. The van der Waals surface area contributed by atoms with Crippen molar-refractivity contribution >= 4 is 6.21 Å². The topological polar surface area (TPSA) is 89.5 Å². The first kappa shape index (κ1) is 17.7. The first-order valence-corrected chi connectivity index (χ1v) is 7.92. The molecule has 1 aromatic heterocycles. The molecule has 1 unspecified atom stereocenters. The number of aliphatic imine (C=N–C) groups is 1. The second-order valence-electron chi connectivity index (χ2n) is 6.68. The molecule has 10 heteroatoms. The Hall–Kier alpha value is -2.07. The van der Waals surface area contributed by atoms with Gasteiger partial charge >= 0.3 is 6.18 Å². The van der Waals surface area contributed by atoms with Crippen molar-refractivity contribution in [3.63, 3.8) is 0 Å². The molecule has 1 aromatic rings. The molecule has 7 nitrogen and oxygen atoms in total. The van der Waals surface area contributed by atoms with Gasteiger partial charge in [0, 0.05) is 12.8 Å². The summed E-state index contributed by atoms with van der Waals surface area (Å²) in [6.07, 6.45) is -2.26. The molecular weight excluding hydrogens is 337 g/mol. The zero-order valence-electron chi connectivity index (χ0n) is 14.2. The summed E-state index contributed by atoms with van der Waals surface area (Å²) < 4.78 is 47.0. The van der Waals surface area contributed by atoms with Crippen LogP contribution < -0.4 is 16.4 Å². The number of hydrogen-bond acceptors (Lipinski definition) is 6. The number of rotatable bonds is 3. The summed E-state index contributed by atoms with van der Waals surface area (Å²) >= 11 is 0. The number of nitrogens with two attached hydrogens (primary N) is 1. The summed E-state index contributed by atoms with van der Waals surface area (Å²) in [5.74, 6) is -1.76. The Morgan fingerprint density at radius 2 is 2.16 bits per heavy atom. The van der Waals surface area contributed by atoms with Gasteiger partial charge in [0.25, 0.3) is 0 Å². The van der Waals surface area contributed by atoms with Crippen LogP contribution in [0.5, 0.6) is 0 Å². The SMILES string of the molecule is CCNC1=C(C(F)(F)F)C=NC(N)(c2cnn3c2COC(C)(C)C3)N1. The van der Waals surface area contributed by atoms with Gasteiger partial charge in [-0.15, -0.1) is 0 Å². The molecule has 0 aliphatic carbocycles. The van der Waals surface area contributed by atoms with Crippen LogP contribution in [0.15, 0.2) is 22.6 Å². The molecule has 2 aliphatic rings. The standard InChI is InChI=1S/C15H21F3N6O/c1-4-20-12-10(14(16,17)18)5-21-15(19,23-12)9-6-22-24-8-13(2,3)25-7-11(9)24/h5-6,20,23H,4,7-8,19H2,1-3H3. The predicted octanol–water partition coefficient (Wildman–Crippen LogP) is 1.32. The van der Waals surface area contributed by atoms with Crippen LogP contribution in [0.3, 0.4) is 0 Å². The Kier molecular flexibility index (Phi) is 4.07.